The van der Waals surface area contributed by atoms with E-state index in [4.69, 9.17) is 4.74 Å². The lowest BCUT2D eigenvalue weighted by atomic mass is 9.98. The fourth-order valence-corrected chi connectivity index (χ4v) is 3.87. The average molecular weight is 448 g/mol. The molecule has 2 heterocycles. The molecule has 0 bridgehead atoms. The van der Waals surface area contributed by atoms with Crippen LogP contribution >= 0.6 is 0 Å². The maximum atomic E-state index is 13.6. The van der Waals surface area contributed by atoms with Crippen molar-refractivity contribution >= 4 is 17.1 Å². The Labute approximate surface area is 189 Å². The van der Waals surface area contributed by atoms with Gasteiger partial charge in [-0.25, -0.2) is 18.3 Å². The number of carbonyl (C=O) groups excluding carboxylic acids is 1. The minimum absolute atomic E-state index is 0.124. The predicted octanol–water partition coefficient (Wildman–Crippen LogP) is 5.80. The van der Waals surface area contributed by atoms with Gasteiger partial charge < -0.3 is 10.1 Å². The number of nitrogens with one attached hydrogen (secondary N) is 1. The van der Waals surface area contributed by atoms with Gasteiger partial charge in [0, 0.05) is 36.7 Å². The minimum atomic E-state index is -1.00. The molecule has 33 heavy (non-hydrogen) atoms. The predicted molar refractivity (Wildman–Crippen MR) is 121 cm³/mol. The number of nitrogens with zero attached hydrogens (tertiary/aromatic N) is 3. The standard InChI is InChI=1S/C25H22F2N4O2/c1-14-9-16(5-7-18(14)23(32)10-15-3-4-15)22-13-29-25-21(28-2)12-24(30-31(22)25)33-17-6-8-19(26)20(27)11-17/h5-9,11-13,15,28H,3-4,10H2,1-2H3. The van der Waals surface area contributed by atoms with E-state index in [1.165, 1.54) is 6.07 Å². The number of aryl methyl sites for hydroxylation is 1. The number of hydrogen-bond donors (Lipinski definition) is 1. The molecule has 1 N–H and O–H groups in total. The first-order valence-electron chi connectivity index (χ1n) is 10.8. The van der Waals surface area contributed by atoms with Gasteiger partial charge in [0.2, 0.25) is 5.88 Å². The van der Waals surface area contributed by atoms with Gasteiger partial charge >= 0.3 is 0 Å². The maximum Gasteiger partial charge on any atom is 0.239 e. The van der Waals surface area contributed by atoms with Crippen LogP contribution in [0.2, 0.25) is 0 Å². The quantitative estimate of drug-likeness (QED) is 0.362. The Morgan fingerprint density at radius 1 is 1.15 bits per heavy atom. The molecule has 6 nitrogen and oxygen atoms in total. The van der Waals surface area contributed by atoms with Gasteiger partial charge in [-0.1, -0.05) is 12.1 Å². The highest BCUT2D eigenvalue weighted by atomic mass is 19.2. The van der Waals surface area contributed by atoms with E-state index in [9.17, 15) is 13.6 Å². The van der Waals surface area contributed by atoms with Gasteiger partial charge in [0.15, 0.2) is 23.1 Å². The van der Waals surface area contributed by atoms with Crippen molar-refractivity contribution in [2.24, 2.45) is 5.92 Å². The number of Topliss-reactive ketones (excluding diaryl/α,β-unsaturated/α-hetero) is 1. The monoisotopic (exact) mass is 448 g/mol. The number of benzene rings is 2. The largest absolute Gasteiger partial charge is 0.437 e. The molecule has 0 atom stereocenters. The van der Waals surface area contributed by atoms with Gasteiger partial charge in [0.05, 0.1) is 17.6 Å². The molecule has 2 aromatic carbocycles. The van der Waals surface area contributed by atoms with Gasteiger partial charge in [0.1, 0.15) is 5.75 Å². The second-order valence-electron chi connectivity index (χ2n) is 8.30. The van der Waals surface area contributed by atoms with E-state index >= 15 is 0 Å². The van der Waals surface area contributed by atoms with E-state index in [0.717, 1.165) is 41.7 Å². The number of fused-ring (bicyclic) bond motifs is 1. The summed E-state index contributed by atoms with van der Waals surface area (Å²) in [6.07, 6.45) is 4.58. The first kappa shape index (κ1) is 21.1. The fourth-order valence-electron chi connectivity index (χ4n) is 3.87. The minimum Gasteiger partial charge on any atom is -0.437 e. The number of imidazole rings is 1. The zero-order chi connectivity index (χ0) is 23.1. The van der Waals surface area contributed by atoms with Crippen LogP contribution in [0.25, 0.3) is 16.9 Å². The van der Waals surface area contributed by atoms with E-state index in [1.807, 2.05) is 25.1 Å². The lowest BCUT2D eigenvalue weighted by Gasteiger charge is -2.11. The summed E-state index contributed by atoms with van der Waals surface area (Å²) in [6.45, 7) is 1.93. The first-order chi connectivity index (χ1) is 15.9. The normalized spacial score (nSPS) is 13.3. The molecule has 0 amide bonds. The summed E-state index contributed by atoms with van der Waals surface area (Å²) in [5.41, 5.74) is 4.43. The van der Waals surface area contributed by atoms with Crippen LogP contribution in [0.15, 0.2) is 48.7 Å². The van der Waals surface area contributed by atoms with Crippen LogP contribution in [-0.4, -0.2) is 27.4 Å². The molecule has 1 fully saturated rings. The highest BCUT2D eigenvalue weighted by molar-refractivity contribution is 5.98. The second-order valence-corrected chi connectivity index (χ2v) is 8.30. The molecule has 1 aliphatic rings. The topological polar surface area (TPSA) is 68.5 Å². The van der Waals surface area contributed by atoms with Crippen molar-refractivity contribution in [2.75, 3.05) is 12.4 Å². The Bertz CT molecular complexity index is 1380. The summed E-state index contributed by atoms with van der Waals surface area (Å²) < 4.78 is 34.2. The van der Waals surface area contributed by atoms with Gasteiger partial charge in [-0.3, -0.25) is 4.79 Å². The molecule has 0 saturated heterocycles. The lowest BCUT2D eigenvalue weighted by molar-refractivity contribution is 0.0975. The SMILES string of the molecule is CNc1cc(Oc2ccc(F)c(F)c2)nn2c(-c3ccc(C(=O)CC4CC4)c(C)c3)cnc12. The van der Waals surface area contributed by atoms with Crippen LogP contribution < -0.4 is 10.1 Å². The molecule has 2 aromatic heterocycles. The third kappa shape index (κ3) is 4.16. The van der Waals surface area contributed by atoms with E-state index in [2.05, 4.69) is 15.4 Å². The van der Waals surface area contributed by atoms with Crippen molar-refractivity contribution in [2.45, 2.75) is 26.2 Å². The molecule has 0 radical (unpaired) electrons. The van der Waals surface area contributed by atoms with E-state index < -0.39 is 11.6 Å². The molecule has 0 unspecified atom stereocenters. The van der Waals surface area contributed by atoms with Gasteiger partial charge in [-0.15, -0.1) is 5.10 Å². The molecule has 8 heteroatoms. The lowest BCUT2D eigenvalue weighted by Crippen LogP contribution is -2.04. The van der Waals surface area contributed by atoms with Crippen LogP contribution in [-0.2, 0) is 0 Å². The van der Waals surface area contributed by atoms with Crippen molar-refractivity contribution in [1.82, 2.24) is 14.6 Å². The van der Waals surface area contributed by atoms with Crippen LogP contribution in [0.1, 0.15) is 35.2 Å². The second kappa shape index (κ2) is 8.27. The third-order valence-electron chi connectivity index (χ3n) is 5.82. The summed E-state index contributed by atoms with van der Waals surface area (Å²) in [5, 5.41) is 7.57. The third-order valence-corrected chi connectivity index (χ3v) is 5.82. The average Bonchev–Trinajstić information content (AvgIpc) is 3.51. The highest BCUT2D eigenvalue weighted by Gasteiger charge is 2.25. The zero-order valence-electron chi connectivity index (χ0n) is 18.2. The highest BCUT2D eigenvalue weighted by Crippen LogP contribution is 2.34. The number of ether oxygens (including phenoxy) is 1. The van der Waals surface area contributed by atoms with Crippen molar-refractivity contribution in [3.63, 3.8) is 0 Å². The number of rotatable bonds is 7. The van der Waals surface area contributed by atoms with Gasteiger partial charge in [0.25, 0.3) is 0 Å². The molecule has 168 valence electrons. The van der Waals surface area contributed by atoms with Crippen molar-refractivity contribution in [3.8, 4) is 22.9 Å². The van der Waals surface area contributed by atoms with E-state index in [0.29, 0.717) is 29.4 Å². The van der Waals surface area contributed by atoms with E-state index in [1.54, 1.807) is 23.8 Å². The summed E-state index contributed by atoms with van der Waals surface area (Å²) in [4.78, 5) is 17.0. The van der Waals surface area contributed by atoms with Crippen molar-refractivity contribution in [3.05, 3.63) is 71.4 Å². The van der Waals surface area contributed by atoms with Crippen LogP contribution in [0.4, 0.5) is 14.5 Å². The summed E-state index contributed by atoms with van der Waals surface area (Å²) >= 11 is 0. The molecule has 1 saturated carbocycles. The number of aromatic nitrogens is 3. The molecule has 4 aromatic rings. The van der Waals surface area contributed by atoms with Crippen LogP contribution in [0, 0.1) is 24.5 Å². The molecular formula is C25H22F2N4O2. The molecular weight excluding hydrogens is 426 g/mol. The number of carbonyl (C=O) groups is 1. The molecule has 5 rings (SSSR count). The Hall–Kier alpha value is -3.81. The maximum absolute atomic E-state index is 13.6. The summed E-state index contributed by atoms with van der Waals surface area (Å²) in [5.74, 6) is -0.931. The van der Waals surface area contributed by atoms with E-state index in [-0.39, 0.29) is 17.4 Å². The Balaban J connectivity index is 1.52. The molecule has 1 aliphatic carbocycles. The fraction of sp³-hybridized carbons (Fsp3) is 0.240. The summed E-state index contributed by atoms with van der Waals surface area (Å²) in [7, 11) is 1.75. The Morgan fingerprint density at radius 2 is 1.97 bits per heavy atom. The number of ketones is 1. The molecule has 0 aliphatic heterocycles. The van der Waals surface area contributed by atoms with Crippen LogP contribution in [0.5, 0.6) is 11.6 Å². The number of hydrogen-bond acceptors (Lipinski definition) is 5. The van der Waals surface area contributed by atoms with Gasteiger partial charge in [-0.05, 0) is 49.4 Å². The zero-order valence-corrected chi connectivity index (χ0v) is 18.2. The summed E-state index contributed by atoms with van der Waals surface area (Å²) in [6, 6.07) is 10.6. The number of anilines is 1. The Morgan fingerprint density at radius 3 is 2.67 bits per heavy atom. The smallest absolute Gasteiger partial charge is 0.239 e. The first-order valence-corrected chi connectivity index (χ1v) is 10.8. The Kier molecular flexibility index (Phi) is 5.28. The molecule has 0 spiro atoms. The van der Waals surface area contributed by atoms with Crippen LogP contribution in [0.3, 0.4) is 0 Å². The number of halogens is 2. The van der Waals surface area contributed by atoms with Gasteiger partial charge in [-0.2, -0.15) is 0 Å². The van der Waals surface area contributed by atoms with Crippen molar-refractivity contribution < 1.29 is 18.3 Å². The van der Waals surface area contributed by atoms with Crippen molar-refractivity contribution in [1.29, 1.82) is 0 Å².